The molecule has 4 heteroatoms. The first kappa shape index (κ1) is 13.4. The zero-order valence-electron chi connectivity index (χ0n) is 10.7. The maximum absolute atomic E-state index is 13.6. The van der Waals surface area contributed by atoms with Crippen LogP contribution < -0.4 is 5.32 Å². The van der Waals surface area contributed by atoms with E-state index in [4.69, 9.17) is 4.74 Å². The number of nitrogens with one attached hydrogen (secondary N) is 1. The minimum absolute atomic E-state index is 0.0128. The Morgan fingerprint density at radius 3 is 2.83 bits per heavy atom. The molecule has 1 fully saturated rings. The second-order valence-electron chi connectivity index (χ2n) is 4.91. The van der Waals surface area contributed by atoms with Gasteiger partial charge in [0.25, 0.3) is 0 Å². The van der Waals surface area contributed by atoms with Gasteiger partial charge in [0.2, 0.25) is 0 Å². The van der Waals surface area contributed by atoms with E-state index in [1.807, 2.05) is 7.05 Å². The minimum atomic E-state index is -0.789. The number of rotatable bonds is 4. The summed E-state index contributed by atoms with van der Waals surface area (Å²) in [5.41, 5.74) is 0.400. The van der Waals surface area contributed by atoms with Gasteiger partial charge in [-0.2, -0.15) is 0 Å². The average Bonchev–Trinajstić information content (AvgIpc) is 2.77. The van der Waals surface area contributed by atoms with Crippen molar-refractivity contribution in [2.75, 3.05) is 13.7 Å². The molecular formula is C14H19F2NO. The van der Waals surface area contributed by atoms with Crippen molar-refractivity contribution >= 4 is 0 Å². The molecule has 1 aromatic rings. The topological polar surface area (TPSA) is 21.3 Å². The lowest BCUT2D eigenvalue weighted by Gasteiger charge is -2.26. The van der Waals surface area contributed by atoms with Crippen molar-refractivity contribution in [1.29, 1.82) is 0 Å². The van der Waals surface area contributed by atoms with Crippen LogP contribution in [0.3, 0.4) is 0 Å². The third kappa shape index (κ3) is 2.70. The van der Waals surface area contributed by atoms with E-state index in [9.17, 15) is 8.78 Å². The molecule has 0 radical (unpaired) electrons. The lowest BCUT2D eigenvalue weighted by molar-refractivity contribution is 0.0631. The molecule has 0 spiro atoms. The van der Waals surface area contributed by atoms with Gasteiger partial charge in [-0.05, 0) is 37.4 Å². The van der Waals surface area contributed by atoms with Gasteiger partial charge in [0.1, 0.15) is 0 Å². The number of likely N-dealkylation sites (N-methyl/N-ethyl adjacent to an activating group) is 1. The number of ether oxygens (including phenoxy) is 1. The molecule has 1 N–H and O–H groups in total. The van der Waals surface area contributed by atoms with E-state index in [-0.39, 0.29) is 12.1 Å². The van der Waals surface area contributed by atoms with Crippen molar-refractivity contribution in [3.63, 3.8) is 0 Å². The maximum Gasteiger partial charge on any atom is 0.162 e. The summed E-state index contributed by atoms with van der Waals surface area (Å²) in [5, 5.41) is 3.16. The Kier molecular flexibility index (Phi) is 4.30. The summed E-state index contributed by atoms with van der Waals surface area (Å²) < 4.78 is 32.5. The first-order valence-corrected chi connectivity index (χ1v) is 6.35. The highest BCUT2D eigenvalue weighted by molar-refractivity contribution is 5.20. The molecule has 1 aliphatic rings. The Labute approximate surface area is 106 Å². The molecule has 0 aliphatic carbocycles. The predicted octanol–water partition coefficient (Wildman–Crippen LogP) is 2.52. The fourth-order valence-electron chi connectivity index (χ4n) is 2.56. The lowest BCUT2D eigenvalue weighted by Crippen LogP contribution is -2.42. The van der Waals surface area contributed by atoms with Gasteiger partial charge in [-0.3, -0.25) is 0 Å². The zero-order valence-corrected chi connectivity index (χ0v) is 10.7. The van der Waals surface area contributed by atoms with Crippen molar-refractivity contribution in [3.8, 4) is 0 Å². The lowest BCUT2D eigenvalue weighted by atomic mass is 9.93. The van der Waals surface area contributed by atoms with E-state index >= 15 is 0 Å². The molecule has 100 valence electrons. The fourth-order valence-corrected chi connectivity index (χ4v) is 2.56. The molecule has 0 bridgehead atoms. The van der Waals surface area contributed by atoms with Gasteiger partial charge >= 0.3 is 0 Å². The SMILES string of the molecule is CNC(Cc1cccc(F)c1F)C1OCCC1C. The van der Waals surface area contributed by atoms with E-state index in [1.54, 1.807) is 12.1 Å². The van der Waals surface area contributed by atoms with Gasteiger partial charge in [-0.1, -0.05) is 19.1 Å². The van der Waals surface area contributed by atoms with Crippen LogP contribution in [0.4, 0.5) is 8.78 Å². The molecule has 3 atom stereocenters. The summed E-state index contributed by atoms with van der Waals surface area (Å²) in [6.07, 6.45) is 1.53. The monoisotopic (exact) mass is 255 g/mol. The largest absolute Gasteiger partial charge is 0.376 e. The van der Waals surface area contributed by atoms with Crippen LogP contribution in [0.25, 0.3) is 0 Å². The fraction of sp³-hybridized carbons (Fsp3) is 0.571. The zero-order chi connectivity index (χ0) is 13.1. The summed E-state index contributed by atoms with van der Waals surface area (Å²) >= 11 is 0. The Morgan fingerprint density at radius 2 is 2.22 bits per heavy atom. The van der Waals surface area contributed by atoms with Crippen LogP contribution in [0, 0.1) is 17.6 Å². The molecule has 0 saturated carbocycles. The Balaban J connectivity index is 2.12. The van der Waals surface area contributed by atoms with Crippen LogP contribution in [0.5, 0.6) is 0 Å². The quantitative estimate of drug-likeness (QED) is 0.892. The first-order chi connectivity index (χ1) is 8.63. The molecule has 2 rings (SSSR count). The van der Waals surface area contributed by atoms with E-state index in [0.29, 0.717) is 17.9 Å². The summed E-state index contributed by atoms with van der Waals surface area (Å²) in [6.45, 7) is 2.87. The molecule has 18 heavy (non-hydrogen) atoms. The number of hydrogen-bond donors (Lipinski definition) is 1. The van der Waals surface area contributed by atoms with Crippen molar-refractivity contribution in [3.05, 3.63) is 35.4 Å². The third-order valence-electron chi connectivity index (χ3n) is 3.68. The summed E-state index contributed by atoms with van der Waals surface area (Å²) in [4.78, 5) is 0. The minimum Gasteiger partial charge on any atom is -0.376 e. The van der Waals surface area contributed by atoms with Crippen molar-refractivity contribution in [1.82, 2.24) is 5.32 Å². The van der Waals surface area contributed by atoms with Gasteiger partial charge in [-0.15, -0.1) is 0 Å². The van der Waals surface area contributed by atoms with Crippen molar-refractivity contribution in [2.45, 2.75) is 31.9 Å². The Bertz CT molecular complexity index is 411. The summed E-state index contributed by atoms with van der Waals surface area (Å²) in [7, 11) is 1.83. The van der Waals surface area contributed by atoms with E-state index in [0.717, 1.165) is 19.1 Å². The summed E-state index contributed by atoms with van der Waals surface area (Å²) in [6, 6.07) is 4.32. The molecule has 0 amide bonds. The van der Waals surface area contributed by atoms with Crippen LogP contribution in [0.1, 0.15) is 18.9 Å². The van der Waals surface area contributed by atoms with Gasteiger partial charge in [-0.25, -0.2) is 8.78 Å². The van der Waals surface area contributed by atoms with Crippen LogP contribution >= 0.6 is 0 Å². The number of halogens is 2. The van der Waals surface area contributed by atoms with Gasteiger partial charge in [0.05, 0.1) is 6.10 Å². The predicted molar refractivity (Wildman–Crippen MR) is 66.4 cm³/mol. The molecule has 1 saturated heterocycles. The van der Waals surface area contributed by atoms with Crippen molar-refractivity contribution in [2.24, 2.45) is 5.92 Å². The normalized spacial score (nSPS) is 25.3. The molecule has 0 aromatic heterocycles. The van der Waals surface area contributed by atoms with Crippen LogP contribution in [-0.4, -0.2) is 25.8 Å². The van der Waals surface area contributed by atoms with Crippen LogP contribution in [0.15, 0.2) is 18.2 Å². The molecule has 1 heterocycles. The second-order valence-corrected chi connectivity index (χ2v) is 4.91. The highest BCUT2D eigenvalue weighted by Gasteiger charge is 2.31. The number of hydrogen-bond acceptors (Lipinski definition) is 2. The standard InChI is InChI=1S/C14H19F2NO/c1-9-6-7-18-14(9)12(17-2)8-10-4-3-5-11(15)13(10)16/h3-5,9,12,14,17H,6-8H2,1-2H3. The first-order valence-electron chi connectivity index (χ1n) is 6.35. The van der Waals surface area contributed by atoms with Gasteiger partial charge < -0.3 is 10.1 Å². The van der Waals surface area contributed by atoms with Gasteiger partial charge in [0.15, 0.2) is 11.6 Å². The van der Waals surface area contributed by atoms with E-state index in [2.05, 4.69) is 12.2 Å². The van der Waals surface area contributed by atoms with Crippen LogP contribution in [0.2, 0.25) is 0 Å². The van der Waals surface area contributed by atoms with Crippen molar-refractivity contribution < 1.29 is 13.5 Å². The molecule has 2 nitrogen and oxygen atoms in total. The highest BCUT2D eigenvalue weighted by Crippen LogP contribution is 2.25. The smallest absolute Gasteiger partial charge is 0.162 e. The summed E-state index contributed by atoms with van der Waals surface area (Å²) in [5.74, 6) is -1.09. The second kappa shape index (κ2) is 5.76. The molecule has 1 aliphatic heterocycles. The number of benzene rings is 1. The van der Waals surface area contributed by atoms with E-state index in [1.165, 1.54) is 0 Å². The molecular weight excluding hydrogens is 236 g/mol. The Morgan fingerprint density at radius 1 is 1.44 bits per heavy atom. The maximum atomic E-state index is 13.6. The van der Waals surface area contributed by atoms with E-state index < -0.39 is 11.6 Å². The Hall–Kier alpha value is -1.00. The molecule has 1 aromatic carbocycles. The highest BCUT2D eigenvalue weighted by atomic mass is 19.2. The third-order valence-corrected chi connectivity index (χ3v) is 3.68. The van der Waals surface area contributed by atoms with Gasteiger partial charge in [0, 0.05) is 12.6 Å². The molecule has 3 unspecified atom stereocenters. The van der Waals surface area contributed by atoms with Crippen LogP contribution in [-0.2, 0) is 11.2 Å². The average molecular weight is 255 g/mol.